The number of hydrogen-bond donors (Lipinski definition) is 1. The normalized spacial score (nSPS) is 9.55. The summed E-state index contributed by atoms with van der Waals surface area (Å²) >= 11 is 0. The van der Waals surface area contributed by atoms with Crippen molar-refractivity contribution >= 4 is 19.4 Å². The molecule has 1 N–H and O–H groups in total. The Bertz CT molecular complexity index is 298. The molecule has 11 heavy (non-hydrogen) atoms. The molecular weight excluding hydrogens is 141 g/mol. The van der Waals surface area contributed by atoms with E-state index in [-0.39, 0.29) is 5.56 Å². The Morgan fingerprint density at radius 1 is 1.73 bits per heavy atom. The number of aromatic nitrogens is 1. The van der Waals surface area contributed by atoms with E-state index in [9.17, 15) is 4.79 Å². The molecule has 0 amide bonds. The summed E-state index contributed by atoms with van der Waals surface area (Å²) < 4.78 is 0. The number of pyridine rings is 1. The number of nitrogens with zero attached hydrogens (tertiary/aromatic N) is 1. The molecule has 0 spiro atoms. The molecule has 1 heterocycles. The zero-order valence-electron chi connectivity index (χ0n) is 6.03. The lowest BCUT2D eigenvalue weighted by Crippen LogP contribution is -2.11. The van der Waals surface area contributed by atoms with E-state index < -0.39 is 5.97 Å². The molecule has 0 aliphatic rings. The highest BCUT2D eigenvalue weighted by atomic mass is 16.4. The molecule has 1 aromatic heterocycles. The number of carbonyl (C=O) groups is 1. The van der Waals surface area contributed by atoms with Crippen LogP contribution in [0.25, 0.3) is 0 Å². The van der Waals surface area contributed by atoms with Gasteiger partial charge in [-0.2, -0.15) is 0 Å². The summed E-state index contributed by atoms with van der Waals surface area (Å²) in [5, 5.41) is 8.58. The molecule has 1 aromatic rings. The van der Waals surface area contributed by atoms with E-state index in [1.165, 1.54) is 12.3 Å². The van der Waals surface area contributed by atoms with E-state index in [4.69, 9.17) is 13.0 Å². The van der Waals surface area contributed by atoms with Gasteiger partial charge in [0.05, 0.1) is 5.56 Å². The van der Waals surface area contributed by atoms with Crippen molar-refractivity contribution < 1.29 is 9.90 Å². The van der Waals surface area contributed by atoms with Crippen molar-refractivity contribution in [3.8, 4) is 0 Å². The van der Waals surface area contributed by atoms with Gasteiger partial charge in [0.15, 0.2) is 0 Å². The molecule has 0 aliphatic heterocycles. The average Bonchev–Trinajstić information content (AvgIpc) is 1.85. The van der Waals surface area contributed by atoms with E-state index in [1.54, 1.807) is 6.92 Å². The van der Waals surface area contributed by atoms with Gasteiger partial charge in [0.1, 0.15) is 7.85 Å². The van der Waals surface area contributed by atoms with Crippen LogP contribution in [0.4, 0.5) is 0 Å². The van der Waals surface area contributed by atoms with Crippen LogP contribution >= 0.6 is 0 Å². The van der Waals surface area contributed by atoms with Gasteiger partial charge in [-0.3, -0.25) is 4.98 Å². The van der Waals surface area contributed by atoms with E-state index in [1.807, 2.05) is 0 Å². The molecule has 1 rings (SSSR count). The Balaban J connectivity index is 3.20. The van der Waals surface area contributed by atoms with Crippen LogP contribution in [-0.2, 0) is 0 Å². The fourth-order valence-corrected chi connectivity index (χ4v) is 0.802. The van der Waals surface area contributed by atoms with Crippen LogP contribution in [-0.4, -0.2) is 23.9 Å². The summed E-state index contributed by atoms with van der Waals surface area (Å²) in [5.74, 6) is -0.977. The van der Waals surface area contributed by atoms with Gasteiger partial charge in [-0.1, -0.05) is 0 Å². The minimum absolute atomic E-state index is 0.194. The molecule has 0 bridgehead atoms. The topological polar surface area (TPSA) is 50.2 Å². The Kier molecular flexibility index (Phi) is 1.94. The van der Waals surface area contributed by atoms with Crippen molar-refractivity contribution in [1.29, 1.82) is 0 Å². The van der Waals surface area contributed by atoms with Crippen molar-refractivity contribution in [1.82, 2.24) is 4.98 Å². The SMILES string of the molecule is [B]c1cc(C)c(C(=O)O)cn1. The van der Waals surface area contributed by atoms with Crippen molar-refractivity contribution in [2.45, 2.75) is 6.92 Å². The maximum atomic E-state index is 10.5. The summed E-state index contributed by atoms with van der Waals surface area (Å²) in [6, 6.07) is 1.53. The van der Waals surface area contributed by atoms with Crippen LogP contribution in [0.15, 0.2) is 12.3 Å². The van der Waals surface area contributed by atoms with E-state index in [0.29, 0.717) is 11.2 Å². The van der Waals surface area contributed by atoms with Gasteiger partial charge >= 0.3 is 5.97 Å². The predicted molar refractivity (Wildman–Crippen MR) is 41.3 cm³/mol. The zero-order chi connectivity index (χ0) is 8.43. The lowest BCUT2D eigenvalue weighted by molar-refractivity contribution is 0.0695. The Morgan fingerprint density at radius 2 is 2.36 bits per heavy atom. The lowest BCUT2D eigenvalue weighted by atomic mass is 10.0. The number of aryl methyl sites for hydroxylation is 1. The zero-order valence-corrected chi connectivity index (χ0v) is 6.03. The quantitative estimate of drug-likeness (QED) is 0.563. The third kappa shape index (κ3) is 1.58. The number of rotatable bonds is 1. The first kappa shape index (κ1) is 7.79. The van der Waals surface area contributed by atoms with Gasteiger partial charge in [-0.25, -0.2) is 4.79 Å². The van der Waals surface area contributed by atoms with Gasteiger partial charge in [0.25, 0.3) is 0 Å². The second-order valence-corrected chi connectivity index (χ2v) is 2.23. The molecule has 0 fully saturated rings. The maximum absolute atomic E-state index is 10.5. The Morgan fingerprint density at radius 3 is 2.82 bits per heavy atom. The number of carboxylic acids is 1. The Hall–Kier alpha value is -1.32. The second kappa shape index (κ2) is 2.74. The van der Waals surface area contributed by atoms with E-state index in [2.05, 4.69) is 4.98 Å². The lowest BCUT2D eigenvalue weighted by Gasteiger charge is -1.99. The van der Waals surface area contributed by atoms with Gasteiger partial charge in [0.2, 0.25) is 0 Å². The first-order chi connectivity index (χ1) is 5.11. The first-order valence-electron chi connectivity index (χ1n) is 3.06. The third-order valence-electron chi connectivity index (χ3n) is 1.36. The van der Waals surface area contributed by atoms with Gasteiger partial charge in [-0.05, 0) is 24.1 Å². The molecule has 4 heteroatoms. The summed E-state index contributed by atoms with van der Waals surface area (Å²) in [7, 11) is 5.32. The van der Waals surface area contributed by atoms with Crippen LogP contribution in [0.2, 0.25) is 0 Å². The standard InChI is InChI=1S/C7H6BNO2/c1-4-2-6(8)9-3-5(4)7(10)11/h2-3H,1H3,(H,10,11). The van der Waals surface area contributed by atoms with E-state index in [0.717, 1.165) is 0 Å². The first-order valence-corrected chi connectivity index (χ1v) is 3.06. The number of aromatic carboxylic acids is 1. The highest BCUT2D eigenvalue weighted by molar-refractivity contribution is 6.30. The molecule has 0 aromatic carbocycles. The van der Waals surface area contributed by atoms with E-state index >= 15 is 0 Å². The molecule has 0 saturated heterocycles. The predicted octanol–water partition coefficient (Wildman–Crippen LogP) is -0.118. The highest BCUT2D eigenvalue weighted by Crippen LogP contribution is 2.02. The molecular formula is C7H6BNO2. The number of hydrogen-bond acceptors (Lipinski definition) is 2. The largest absolute Gasteiger partial charge is 0.478 e. The van der Waals surface area contributed by atoms with Crippen molar-refractivity contribution in [3.63, 3.8) is 0 Å². The molecule has 0 saturated carbocycles. The molecule has 3 nitrogen and oxygen atoms in total. The van der Waals surface area contributed by atoms with Crippen LogP contribution in [0, 0.1) is 6.92 Å². The third-order valence-corrected chi connectivity index (χ3v) is 1.36. The van der Waals surface area contributed by atoms with Crippen LogP contribution < -0.4 is 5.59 Å². The molecule has 0 atom stereocenters. The van der Waals surface area contributed by atoms with Crippen molar-refractivity contribution in [3.05, 3.63) is 23.4 Å². The van der Waals surface area contributed by atoms with Gasteiger partial charge < -0.3 is 5.11 Å². The molecule has 2 radical (unpaired) electrons. The minimum Gasteiger partial charge on any atom is -0.478 e. The molecule has 54 valence electrons. The summed E-state index contributed by atoms with van der Waals surface area (Å²) in [6.45, 7) is 1.68. The monoisotopic (exact) mass is 147 g/mol. The van der Waals surface area contributed by atoms with Crippen LogP contribution in [0.3, 0.4) is 0 Å². The van der Waals surface area contributed by atoms with Crippen molar-refractivity contribution in [2.75, 3.05) is 0 Å². The second-order valence-electron chi connectivity index (χ2n) is 2.23. The average molecular weight is 147 g/mol. The summed E-state index contributed by atoms with van der Waals surface area (Å²) in [6.07, 6.45) is 1.26. The fraction of sp³-hybridized carbons (Fsp3) is 0.143. The summed E-state index contributed by atoms with van der Waals surface area (Å²) in [4.78, 5) is 14.1. The van der Waals surface area contributed by atoms with Crippen LogP contribution in [0.5, 0.6) is 0 Å². The molecule has 0 unspecified atom stereocenters. The number of carboxylic acid groups (broad SMARTS) is 1. The summed E-state index contributed by atoms with van der Waals surface area (Å²) in [5.41, 5.74) is 1.16. The van der Waals surface area contributed by atoms with Crippen LogP contribution in [0.1, 0.15) is 15.9 Å². The Labute approximate surface area is 65.5 Å². The fourth-order valence-electron chi connectivity index (χ4n) is 0.802. The molecule has 0 aliphatic carbocycles. The van der Waals surface area contributed by atoms with Gasteiger partial charge in [-0.15, -0.1) is 0 Å². The minimum atomic E-state index is -0.977. The van der Waals surface area contributed by atoms with Crippen molar-refractivity contribution in [2.24, 2.45) is 0 Å². The smallest absolute Gasteiger partial charge is 0.337 e. The van der Waals surface area contributed by atoms with Gasteiger partial charge in [0, 0.05) is 6.20 Å². The maximum Gasteiger partial charge on any atom is 0.337 e. The highest BCUT2D eigenvalue weighted by Gasteiger charge is 2.05.